The molecule has 1 aromatic carbocycles. The fourth-order valence-electron chi connectivity index (χ4n) is 2.06. The third kappa shape index (κ3) is 5.58. The summed E-state index contributed by atoms with van der Waals surface area (Å²) in [5, 5.41) is 2.80. The molecule has 0 aliphatic carbocycles. The van der Waals surface area contributed by atoms with Gasteiger partial charge in [0.2, 0.25) is 5.95 Å². The number of benzene rings is 1. The summed E-state index contributed by atoms with van der Waals surface area (Å²) in [6.45, 7) is 2.96. The van der Waals surface area contributed by atoms with Gasteiger partial charge in [0, 0.05) is 19.7 Å². The van der Waals surface area contributed by atoms with E-state index in [1.165, 1.54) is 7.11 Å². The summed E-state index contributed by atoms with van der Waals surface area (Å²) >= 11 is 0. The number of aromatic nitrogens is 3. The predicted molar refractivity (Wildman–Crippen MR) is 98.7 cm³/mol. The second-order valence-corrected chi connectivity index (χ2v) is 5.84. The summed E-state index contributed by atoms with van der Waals surface area (Å²) in [6, 6.07) is 7.26. The summed E-state index contributed by atoms with van der Waals surface area (Å²) in [5.74, 6) is 1.44. The number of nitrogens with one attached hydrogen (secondary N) is 1. The quantitative estimate of drug-likeness (QED) is 0.685. The maximum Gasteiger partial charge on any atom is 0.321 e. The van der Waals surface area contributed by atoms with Gasteiger partial charge in [0.15, 0.2) is 5.82 Å². The molecule has 0 aliphatic rings. The van der Waals surface area contributed by atoms with Crippen molar-refractivity contribution in [3.63, 3.8) is 0 Å². The summed E-state index contributed by atoms with van der Waals surface area (Å²) in [7, 11) is 5.13. The molecule has 0 unspecified atom stereocenters. The van der Waals surface area contributed by atoms with Gasteiger partial charge in [-0.1, -0.05) is 13.3 Å². The highest BCUT2D eigenvalue weighted by Gasteiger charge is 2.11. The molecule has 140 valence electrons. The Morgan fingerprint density at radius 1 is 1.15 bits per heavy atom. The van der Waals surface area contributed by atoms with Crippen molar-refractivity contribution in [1.82, 2.24) is 20.3 Å². The first-order valence-corrected chi connectivity index (χ1v) is 8.50. The Kier molecular flexibility index (Phi) is 7.13. The number of nitrogens with zero attached hydrogens (tertiary/aromatic N) is 4. The number of anilines is 1. The lowest BCUT2D eigenvalue weighted by Gasteiger charge is -2.12. The molecule has 8 heteroatoms. The first kappa shape index (κ1) is 19.4. The molecule has 0 aliphatic heterocycles. The molecule has 0 spiro atoms. The molecular weight excluding hydrogens is 334 g/mol. The summed E-state index contributed by atoms with van der Waals surface area (Å²) in [4.78, 5) is 26.6. The first-order valence-electron chi connectivity index (χ1n) is 8.50. The molecule has 0 atom stereocenters. The van der Waals surface area contributed by atoms with Crippen molar-refractivity contribution in [3.8, 4) is 11.8 Å². The summed E-state index contributed by atoms with van der Waals surface area (Å²) in [5.41, 5.74) is 0.543. The Morgan fingerprint density at radius 2 is 1.88 bits per heavy atom. The maximum atomic E-state index is 12.3. The third-order valence-corrected chi connectivity index (χ3v) is 3.52. The zero-order chi connectivity index (χ0) is 18.9. The van der Waals surface area contributed by atoms with E-state index in [0.717, 1.165) is 18.6 Å². The lowest BCUT2D eigenvalue weighted by molar-refractivity contribution is 0.0949. The van der Waals surface area contributed by atoms with E-state index in [2.05, 4.69) is 27.2 Å². The number of carbonyl (C=O) groups excluding carboxylic acids is 1. The van der Waals surface area contributed by atoms with E-state index in [1.807, 2.05) is 14.1 Å². The maximum absolute atomic E-state index is 12.3. The second-order valence-electron chi connectivity index (χ2n) is 5.84. The molecule has 0 fully saturated rings. The van der Waals surface area contributed by atoms with Crippen LogP contribution in [0.2, 0.25) is 0 Å². The van der Waals surface area contributed by atoms with E-state index in [1.54, 1.807) is 29.2 Å². The Labute approximate surface area is 153 Å². The van der Waals surface area contributed by atoms with Crippen molar-refractivity contribution in [3.05, 3.63) is 35.7 Å². The minimum absolute atomic E-state index is 0.174. The molecule has 2 rings (SSSR count). The van der Waals surface area contributed by atoms with Gasteiger partial charge < -0.3 is 19.7 Å². The number of carbonyl (C=O) groups is 1. The topological polar surface area (TPSA) is 89.5 Å². The monoisotopic (exact) mass is 359 g/mol. The normalized spacial score (nSPS) is 10.3. The van der Waals surface area contributed by atoms with E-state index in [0.29, 0.717) is 23.9 Å². The van der Waals surface area contributed by atoms with E-state index in [9.17, 15) is 4.79 Å². The summed E-state index contributed by atoms with van der Waals surface area (Å²) < 4.78 is 10.7. The number of rotatable bonds is 9. The minimum Gasteiger partial charge on any atom is -0.494 e. The van der Waals surface area contributed by atoms with Crippen LogP contribution in [0.1, 0.15) is 35.9 Å². The third-order valence-electron chi connectivity index (χ3n) is 3.52. The number of unbranched alkanes of at least 4 members (excludes halogenated alkanes) is 1. The van der Waals surface area contributed by atoms with E-state index in [-0.39, 0.29) is 18.5 Å². The predicted octanol–water partition coefficient (Wildman–Crippen LogP) is 2.06. The highest BCUT2D eigenvalue weighted by atomic mass is 16.5. The van der Waals surface area contributed by atoms with Crippen LogP contribution in [-0.2, 0) is 6.54 Å². The molecule has 2 aromatic rings. The number of methoxy groups -OCH3 is 1. The van der Waals surface area contributed by atoms with Gasteiger partial charge in [-0.25, -0.2) is 0 Å². The molecule has 1 heterocycles. The van der Waals surface area contributed by atoms with Gasteiger partial charge in [-0.3, -0.25) is 4.79 Å². The highest BCUT2D eigenvalue weighted by molar-refractivity contribution is 5.94. The van der Waals surface area contributed by atoms with Gasteiger partial charge in [-0.05, 0) is 30.7 Å². The zero-order valence-corrected chi connectivity index (χ0v) is 15.7. The Morgan fingerprint density at radius 3 is 2.50 bits per heavy atom. The van der Waals surface area contributed by atoms with Gasteiger partial charge in [0.1, 0.15) is 5.75 Å². The summed E-state index contributed by atoms with van der Waals surface area (Å²) in [6.07, 6.45) is 2.09. The van der Waals surface area contributed by atoms with Crippen LogP contribution >= 0.6 is 0 Å². The van der Waals surface area contributed by atoms with Gasteiger partial charge in [-0.15, -0.1) is 0 Å². The fraction of sp³-hybridized carbons (Fsp3) is 0.444. The number of amides is 1. The molecule has 1 amide bonds. The minimum atomic E-state index is -0.212. The molecule has 0 saturated heterocycles. The molecule has 0 saturated carbocycles. The van der Waals surface area contributed by atoms with Crippen LogP contribution in [0.3, 0.4) is 0 Å². The Hall–Kier alpha value is -2.90. The van der Waals surface area contributed by atoms with E-state index in [4.69, 9.17) is 9.47 Å². The van der Waals surface area contributed by atoms with Crippen LogP contribution in [0.5, 0.6) is 11.8 Å². The zero-order valence-electron chi connectivity index (χ0n) is 15.7. The van der Waals surface area contributed by atoms with Gasteiger partial charge in [-0.2, -0.15) is 15.0 Å². The Balaban J connectivity index is 1.96. The lowest BCUT2D eigenvalue weighted by atomic mass is 10.2. The molecule has 0 radical (unpaired) electrons. The average Bonchev–Trinajstić information content (AvgIpc) is 2.66. The molecule has 0 bridgehead atoms. The Bertz CT molecular complexity index is 719. The van der Waals surface area contributed by atoms with Crippen molar-refractivity contribution in [1.29, 1.82) is 0 Å². The van der Waals surface area contributed by atoms with Crippen LogP contribution in [0, 0.1) is 0 Å². The van der Waals surface area contributed by atoms with Crippen LogP contribution in [-0.4, -0.2) is 48.7 Å². The van der Waals surface area contributed by atoms with Gasteiger partial charge in [0.25, 0.3) is 5.91 Å². The highest BCUT2D eigenvalue weighted by Crippen LogP contribution is 2.13. The molecule has 1 aromatic heterocycles. The standard InChI is InChI=1S/C18H25N5O3/c1-5-6-11-26-14-9-7-13(8-10-14)16(24)19-12-15-20-17(23(2)3)22-18(21-15)25-4/h7-10H,5-6,11-12H2,1-4H3,(H,19,24). The number of ether oxygens (including phenoxy) is 2. The van der Waals surface area contributed by atoms with Crippen LogP contribution in [0.25, 0.3) is 0 Å². The van der Waals surface area contributed by atoms with Gasteiger partial charge in [0.05, 0.1) is 20.3 Å². The SMILES string of the molecule is CCCCOc1ccc(C(=O)NCc2nc(OC)nc(N(C)C)n2)cc1. The van der Waals surface area contributed by atoms with Crippen molar-refractivity contribution in [2.75, 3.05) is 32.7 Å². The molecule has 1 N–H and O–H groups in total. The smallest absolute Gasteiger partial charge is 0.321 e. The van der Waals surface area contributed by atoms with E-state index >= 15 is 0 Å². The molecule has 26 heavy (non-hydrogen) atoms. The van der Waals surface area contributed by atoms with Crippen molar-refractivity contribution in [2.45, 2.75) is 26.3 Å². The molecular formula is C18H25N5O3. The van der Waals surface area contributed by atoms with Crippen LogP contribution in [0.15, 0.2) is 24.3 Å². The number of hydrogen-bond acceptors (Lipinski definition) is 7. The van der Waals surface area contributed by atoms with Crippen molar-refractivity contribution in [2.24, 2.45) is 0 Å². The average molecular weight is 359 g/mol. The molecule has 8 nitrogen and oxygen atoms in total. The second kappa shape index (κ2) is 9.55. The number of hydrogen-bond donors (Lipinski definition) is 1. The fourth-order valence-corrected chi connectivity index (χ4v) is 2.06. The van der Waals surface area contributed by atoms with Crippen LogP contribution in [0.4, 0.5) is 5.95 Å². The van der Waals surface area contributed by atoms with E-state index < -0.39 is 0 Å². The van der Waals surface area contributed by atoms with Crippen molar-refractivity contribution < 1.29 is 14.3 Å². The lowest BCUT2D eigenvalue weighted by Crippen LogP contribution is -2.25. The first-order chi connectivity index (χ1) is 12.5. The largest absolute Gasteiger partial charge is 0.494 e. The van der Waals surface area contributed by atoms with Crippen LogP contribution < -0.4 is 19.7 Å². The van der Waals surface area contributed by atoms with Crippen molar-refractivity contribution >= 4 is 11.9 Å². The van der Waals surface area contributed by atoms with Gasteiger partial charge >= 0.3 is 6.01 Å².